The van der Waals surface area contributed by atoms with E-state index in [0.29, 0.717) is 22.7 Å². The lowest BCUT2D eigenvalue weighted by Gasteiger charge is -2.13. The number of aryl methyl sites for hydroxylation is 1. The van der Waals surface area contributed by atoms with Crippen LogP contribution in [0.2, 0.25) is 5.02 Å². The lowest BCUT2D eigenvalue weighted by atomic mass is 10.2. The number of halogens is 1. The summed E-state index contributed by atoms with van der Waals surface area (Å²) in [6.45, 7) is 1.79. The maximum absolute atomic E-state index is 12.6. The third kappa shape index (κ3) is 2.85. The van der Waals surface area contributed by atoms with Crippen LogP contribution in [-0.2, 0) is 10.0 Å². The fourth-order valence-electron chi connectivity index (χ4n) is 2.26. The number of hydrogen-bond donors (Lipinski definition) is 2. The van der Waals surface area contributed by atoms with Gasteiger partial charge in [0.15, 0.2) is 5.58 Å². The molecule has 0 aliphatic rings. The van der Waals surface area contributed by atoms with E-state index in [4.69, 9.17) is 16.1 Å². The molecule has 0 fully saturated rings. The second kappa shape index (κ2) is 5.75. The van der Waals surface area contributed by atoms with Crippen molar-refractivity contribution in [2.24, 2.45) is 0 Å². The summed E-state index contributed by atoms with van der Waals surface area (Å²) in [6.07, 6.45) is 0. The molecule has 1 heterocycles. The van der Waals surface area contributed by atoms with E-state index in [2.05, 4.69) is 15.2 Å². The lowest BCUT2D eigenvalue weighted by Crippen LogP contribution is -2.14. The van der Waals surface area contributed by atoms with Crippen molar-refractivity contribution in [1.29, 1.82) is 0 Å². The molecular formula is C15H14ClN3O3S. The first-order valence-electron chi connectivity index (χ1n) is 6.77. The normalized spacial score (nSPS) is 11.6. The zero-order valence-electron chi connectivity index (χ0n) is 12.4. The molecule has 23 heavy (non-hydrogen) atoms. The molecule has 3 aromatic rings. The minimum absolute atomic E-state index is 0.0193. The van der Waals surface area contributed by atoms with Crippen LogP contribution in [0.5, 0.6) is 0 Å². The Hall–Kier alpha value is -2.25. The summed E-state index contributed by atoms with van der Waals surface area (Å²) < 4.78 is 32.9. The molecule has 0 aliphatic heterocycles. The Kier molecular flexibility index (Phi) is 3.91. The third-order valence-corrected chi connectivity index (χ3v) is 5.30. The van der Waals surface area contributed by atoms with Crippen molar-refractivity contribution >= 4 is 44.0 Å². The van der Waals surface area contributed by atoms with Crippen LogP contribution in [0.15, 0.2) is 45.8 Å². The number of benzene rings is 2. The fraction of sp³-hybridized carbons (Fsp3) is 0.133. The van der Waals surface area contributed by atoms with Gasteiger partial charge in [-0.15, -0.1) is 0 Å². The highest BCUT2D eigenvalue weighted by Crippen LogP contribution is 2.32. The fourth-order valence-corrected chi connectivity index (χ4v) is 3.85. The quantitative estimate of drug-likeness (QED) is 0.749. The average molecular weight is 352 g/mol. The molecule has 0 amide bonds. The van der Waals surface area contributed by atoms with Crippen LogP contribution in [0.25, 0.3) is 11.0 Å². The molecule has 0 bridgehead atoms. The number of hydrogen-bond acceptors (Lipinski definition) is 5. The zero-order chi connectivity index (χ0) is 16.6. The summed E-state index contributed by atoms with van der Waals surface area (Å²) >= 11 is 5.99. The van der Waals surface area contributed by atoms with Crippen LogP contribution in [0.3, 0.4) is 0 Å². The van der Waals surface area contributed by atoms with E-state index in [9.17, 15) is 8.42 Å². The first kappa shape index (κ1) is 15.6. The van der Waals surface area contributed by atoms with Gasteiger partial charge in [0.1, 0.15) is 4.90 Å². The minimum Gasteiger partial charge on any atom is -0.386 e. The van der Waals surface area contributed by atoms with Gasteiger partial charge in [-0.05, 0) is 25.1 Å². The maximum atomic E-state index is 12.6. The van der Waals surface area contributed by atoms with Gasteiger partial charge in [0.05, 0.1) is 22.1 Å². The molecule has 8 heteroatoms. The van der Waals surface area contributed by atoms with Gasteiger partial charge in [-0.3, -0.25) is 4.72 Å². The Morgan fingerprint density at radius 3 is 2.61 bits per heavy atom. The van der Waals surface area contributed by atoms with Crippen molar-refractivity contribution < 1.29 is 12.9 Å². The predicted octanol–water partition coefficient (Wildman–Crippen LogP) is 3.63. The van der Waals surface area contributed by atoms with Gasteiger partial charge in [0.2, 0.25) is 0 Å². The smallest absolute Gasteiger partial charge is 0.263 e. The van der Waals surface area contributed by atoms with Crippen LogP contribution in [0.1, 0.15) is 5.69 Å². The number of aromatic nitrogens is 1. The van der Waals surface area contributed by atoms with Crippen molar-refractivity contribution in [2.45, 2.75) is 11.8 Å². The topological polar surface area (TPSA) is 84.2 Å². The highest BCUT2D eigenvalue weighted by Gasteiger charge is 2.20. The molecular weight excluding hydrogens is 338 g/mol. The van der Waals surface area contributed by atoms with Gasteiger partial charge in [0, 0.05) is 18.5 Å². The molecule has 0 saturated carbocycles. The van der Waals surface area contributed by atoms with Crippen molar-refractivity contribution in [1.82, 2.24) is 5.16 Å². The number of rotatable bonds is 4. The predicted molar refractivity (Wildman–Crippen MR) is 90.6 cm³/mol. The Morgan fingerprint density at radius 1 is 1.17 bits per heavy atom. The number of sulfonamides is 1. The maximum Gasteiger partial charge on any atom is 0.263 e. The molecule has 0 radical (unpaired) electrons. The standard InChI is InChI=1S/C15H14ClN3O3S/c1-9-10-7-13(12(17-2)8-14(10)22-18-9)19-23(20,21)15-6-4-3-5-11(15)16/h3-8,17,19H,1-2H3. The molecule has 1 aromatic heterocycles. The summed E-state index contributed by atoms with van der Waals surface area (Å²) in [5.41, 5.74) is 2.23. The highest BCUT2D eigenvalue weighted by molar-refractivity contribution is 7.92. The molecule has 0 spiro atoms. The van der Waals surface area contributed by atoms with E-state index in [1.807, 2.05) is 0 Å². The van der Waals surface area contributed by atoms with Crippen LogP contribution >= 0.6 is 11.6 Å². The van der Waals surface area contributed by atoms with Crippen LogP contribution in [-0.4, -0.2) is 20.6 Å². The summed E-state index contributed by atoms with van der Waals surface area (Å²) in [7, 11) is -2.12. The lowest BCUT2D eigenvalue weighted by molar-refractivity contribution is 0.450. The largest absolute Gasteiger partial charge is 0.386 e. The Morgan fingerprint density at radius 2 is 1.91 bits per heavy atom. The molecule has 2 aromatic carbocycles. The average Bonchev–Trinajstić information content (AvgIpc) is 2.87. The molecule has 2 N–H and O–H groups in total. The highest BCUT2D eigenvalue weighted by atomic mass is 35.5. The van der Waals surface area contributed by atoms with Gasteiger partial charge >= 0.3 is 0 Å². The summed E-state index contributed by atoms with van der Waals surface area (Å²) in [5, 5.41) is 7.72. The van der Waals surface area contributed by atoms with E-state index < -0.39 is 10.0 Å². The van der Waals surface area contributed by atoms with E-state index in [0.717, 1.165) is 5.39 Å². The van der Waals surface area contributed by atoms with Crippen molar-refractivity contribution in [2.75, 3.05) is 17.1 Å². The summed E-state index contributed by atoms with van der Waals surface area (Å²) in [6, 6.07) is 9.65. The van der Waals surface area contributed by atoms with Crippen molar-refractivity contribution in [3.8, 4) is 0 Å². The summed E-state index contributed by atoms with van der Waals surface area (Å²) in [5.74, 6) is 0. The molecule has 6 nitrogen and oxygen atoms in total. The molecule has 0 unspecified atom stereocenters. The van der Waals surface area contributed by atoms with E-state index in [1.165, 1.54) is 12.1 Å². The first-order chi connectivity index (χ1) is 10.9. The SMILES string of the molecule is CNc1cc2onc(C)c2cc1NS(=O)(=O)c1ccccc1Cl. The zero-order valence-corrected chi connectivity index (χ0v) is 14.0. The van der Waals surface area contributed by atoms with Crippen molar-refractivity contribution in [3.05, 3.63) is 47.1 Å². The van der Waals surface area contributed by atoms with Gasteiger partial charge in [-0.25, -0.2) is 8.42 Å². The molecule has 0 aliphatic carbocycles. The number of nitrogens with zero attached hydrogens (tertiary/aromatic N) is 1. The van der Waals surface area contributed by atoms with Crippen LogP contribution < -0.4 is 10.0 Å². The van der Waals surface area contributed by atoms with Gasteiger partial charge < -0.3 is 9.84 Å². The minimum atomic E-state index is -3.81. The Balaban J connectivity index is 2.10. The van der Waals surface area contributed by atoms with Gasteiger partial charge in [-0.2, -0.15) is 0 Å². The second-order valence-corrected chi connectivity index (χ2v) is 7.01. The Bertz CT molecular complexity index is 983. The van der Waals surface area contributed by atoms with E-state index >= 15 is 0 Å². The third-order valence-electron chi connectivity index (χ3n) is 3.43. The first-order valence-corrected chi connectivity index (χ1v) is 8.63. The monoisotopic (exact) mass is 351 g/mol. The molecule has 3 rings (SSSR count). The van der Waals surface area contributed by atoms with Crippen molar-refractivity contribution in [3.63, 3.8) is 0 Å². The summed E-state index contributed by atoms with van der Waals surface area (Å²) in [4.78, 5) is 0.0193. The van der Waals surface area contributed by atoms with Crippen LogP contribution in [0.4, 0.5) is 11.4 Å². The Labute approximate surface area is 138 Å². The number of anilines is 2. The molecule has 0 saturated heterocycles. The van der Waals surface area contributed by atoms with E-state index in [1.54, 1.807) is 38.2 Å². The van der Waals surface area contributed by atoms with Crippen LogP contribution in [0, 0.1) is 6.92 Å². The van der Waals surface area contributed by atoms with Gasteiger partial charge in [0.25, 0.3) is 10.0 Å². The number of fused-ring (bicyclic) bond motifs is 1. The number of nitrogens with one attached hydrogen (secondary N) is 2. The van der Waals surface area contributed by atoms with Gasteiger partial charge in [-0.1, -0.05) is 28.9 Å². The van der Waals surface area contributed by atoms with E-state index in [-0.39, 0.29) is 9.92 Å². The molecule has 0 atom stereocenters. The second-order valence-electron chi connectivity index (χ2n) is 4.95. The molecule has 120 valence electrons.